The normalized spacial score (nSPS) is 14.5. The van der Waals surface area contributed by atoms with Crippen LogP contribution in [0.5, 0.6) is 0 Å². The fourth-order valence-corrected chi connectivity index (χ4v) is 0.350. The van der Waals surface area contributed by atoms with E-state index in [9.17, 15) is 17.5 Å². The third kappa shape index (κ3) is 2.32. The maximum Gasteiger partial charge on any atom is 0.105 e. The minimum Gasteiger partial charge on any atom is -0.772 e. The average molecular weight is 143 g/mol. The number of alkyl halides is 2. The maximum atomic E-state index is 11.3. The number of halogens is 2. The second-order valence-corrected chi connectivity index (χ2v) is 2.38. The van der Waals surface area contributed by atoms with Gasteiger partial charge in [-0.05, 0) is 11.1 Å². The Morgan fingerprint density at radius 1 is 1.50 bits per heavy atom. The standard InChI is InChI=1S/C3H6F2O2S/c4-1-3(2-5)8(6)7/h3H,1-2H2,(H,6,7)/p-1. The summed E-state index contributed by atoms with van der Waals surface area (Å²) >= 11 is -2.60. The van der Waals surface area contributed by atoms with Crippen LogP contribution in [0.2, 0.25) is 0 Å². The van der Waals surface area contributed by atoms with Crippen LogP contribution in [0.15, 0.2) is 0 Å². The third-order valence-corrected chi connectivity index (χ3v) is 1.41. The van der Waals surface area contributed by atoms with Crippen LogP contribution in [0.3, 0.4) is 0 Å². The van der Waals surface area contributed by atoms with E-state index in [-0.39, 0.29) is 0 Å². The number of rotatable bonds is 3. The van der Waals surface area contributed by atoms with Crippen LogP contribution in [0.1, 0.15) is 0 Å². The van der Waals surface area contributed by atoms with Gasteiger partial charge in [-0.15, -0.1) is 0 Å². The maximum absolute atomic E-state index is 11.3. The molecule has 8 heavy (non-hydrogen) atoms. The fourth-order valence-electron chi connectivity index (χ4n) is 0.144. The highest BCUT2D eigenvalue weighted by Gasteiger charge is 2.06. The summed E-state index contributed by atoms with van der Waals surface area (Å²) in [4.78, 5) is 0. The van der Waals surface area contributed by atoms with Gasteiger partial charge >= 0.3 is 0 Å². The molecule has 0 aliphatic heterocycles. The van der Waals surface area contributed by atoms with Crippen molar-refractivity contribution in [1.29, 1.82) is 0 Å². The van der Waals surface area contributed by atoms with E-state index in [1.807, 2.05) is 0 Å². The van der Waals surface area contributed by atoms with E-state index in [4.69, 9.17) is 0 Å². The second-order valence-electron chi connectivity index (χ2n) is 1.19. The molecule has 5 heteroatoms. The third-order valence-electron chi connectivity index (χ3n) is 0.616. The quantitative estimate of drug-likeness (QED) is 0.528. The first kappa shape index (κ1) is 7.97. The molecule has 0 aromatic heterocycles. The predicted octanol–water partition coefficient (Wildman–Crippen LogP) is 0.173. The molecule has 0 aromatic carbocycles. The Kier molecular flexibility index (Phi) is 3.90. The summed E-state index contributed by atoms with van der Waals surface area (Å²) in [6.07, 6.45) is 0. The van der Waals surface area contributed by atoms with Crippen molar-refractivity contribution in [2.45, 2.75) is 5.25 Å². The van der Waals surface area contributed by atoms with E-state index in [1.54, 1.807) is 0 Å². The lowest BCUT2D eigenvalue weighted by Gasteiger charge is -2.10. The zero-order chi connectivity index (χ0) is 6.57. The monoisotopic (exact) mass is 143 g/mol. The van der Waals surface area contributed by atoms with Gasteiger partial charge in [0.1, 0.15) is 13.3 Å². The highest BCUT2D eigenvalue weighted by Crippen LogP contribution is 1.94. The summed E-state index contributed by atoms with van der Waals surface area (Å²) in [5, 5.41) is -1.46. The van der Waals surface area contributed by atoms with Gasteiger partial charge in [-0.2, -0.15) is 0 Å². The Hall–Kier alpha value is -0.0300. The van der Waals surface area contributed by atoms with Crippen molar-refractivity contribution >= 4 is 11.1 Å². The van der Waals surface area contributed by atoms with Crippen LogP contribution < -0.4 is 0 Å². The second kappa shape index (κ2) is 3.91. The molecular formula is C3H5F2O2S-. The van der Waals surface area contributed by atoms with Crippen LogP contribution in [0, 0.1) is 0 Å². The smallest absolute Gasteiger partial charge is 0.105 e. The van der Waals surface area contributed by atoms with Crippen molar-refractivity contribution < 1.29 is 17.5 Å². The Labute approximate surface area is 48.2 Å². The van der Waals surface area contributed by atoms with Crippen LogP contribution in [-0.4, -0.2) is 27.4 Å². The van der Waals surface area contributed by atoms with Crippen LogP contribution in [0.4, 0.5) is 8.78 Å². The summed E-state index contributed by atoms with van der Waals surface area (Å²) in [5.41, 5.74) is 0. The first-order valence-corrected chi connectivity index (χ1v) is 3.06. The van der Waals surface area contributed by atoms with Crippen molar-refractivity contribution in [1.82, 2.24) is 0 Å². The molecule has 0 saturated heterocycles. The van der Waals surface area contributed by atoms with E-state index >= 15 is 0 Å². The Morgan fingerprint density at radius 2 is 1.88 bits per heavy atom. The van der Waals surface area contributed by atoms with Gasteiger partial charge in [0.15, 0.2) is 0 Å². The van der Waals surface area contributed by atoms with Gasteiger partial charge in [0.05, 0.1) is 5.25 Å². The Balaban J connectivity index is 3.52. The molecule has 0 radical (unpaired) electrons. The lowest BCUT2D eigenvalue weighted by Crippen LogP contribution is -2.18. The molecule has 0 spiro atoms. The van der Waals surface area contributed by atoms with Gasteiger partial charge in [-0.1, -0.05) is 0 Å². The van der Waals surface area contributed by atoms with E-state index in [1.165, 1.54) is 0 Å². The van der Waals surface area contributed by atoms with Crippen molar-refractivity contribution in [3.63, 3.8) is 0 Å². The van der Waals surface area contributed by atoms with Crippen LogP contribution >= 0.6 is 0 Å². The Bertz CT molecular complexity index is 83.4. The molecule has 50 valence electrons. The summed E-state index contributed by atoms with van der Waals surface area (Å²) in [6.45, 7) is -2.29. The van der Waals surface area contributed by atoms with E-state index in [0.717, 1.165) is 0 Å². The summed E-state index contributed by atoms with van der Waals surface area (Å²) < 4.78 is 41.9. The van der Waals surface area contributed by atoms with Gasteiger partial charge in [0.2, 0.25) is 0 Å². The predicted molar refractivity (Wildman–Crippen MR) is 24.7 cm³/mol. The minimum absolute atomic E-state index is 1.15. The first-order valence-electron chi connectivity index (χ1n) is 1.92. The van der Waals surface area contributed by atoms with E-state index in [2.05, 4.69) is 0 Å². The van der Waals surface area contributed by atoms with Crippen LogP contribution in [-0.2, 0) is 11.1 Å². The summed E-state index contributed by atoms with van der Waals surface area (Å²) in [6, 6.07) is 0. The van der Waals surface area contributed by atoms with E-state index in [0.29, 0.717) is 0 Å². The topological polar surface area (TPSA) is 40.1 Å². The zero-order valence-corrected chi connectivity index (χ0v) is 4.79. The molecule has 0 bridgehead atoms. The van der Waals surface area contributed by atoms with Crippen molar-refractivity contribution in [3.8, 4) is 0 Å². The highest BCUT2D eigenvalue weighted by atomic mass is 32.2. The molecule has 0 aliphatic rings. The largest absolute Gasteiger partial charge is 0.772 e. The molecule has 0 rings (SSSR count). The number of hydrogen-bond donors (Lipinski definition) is 0. The van der Waals surface area contributed by atoms with Gasteiger partial charge in [-0.3, -0.25) is 4.21 Å². The molecule has 2 nitrogen and oxygen atoms in total. The van der Waals surface area contributed by atoms with Crippen LogP contribution in [0.25, 0.3) is 0 Å². The molecule has 0 saturated carbocycles. The minimum atomic E-state index is -2.60. The molecule has 0 amide bonds. The van der Waals surface area contributed by atoms with Crippen molar-refractivity contribution in [2.24, 2.45) is 0 Å². The van der Waals surface area contributed by atoms with E-state index < -0.39 is 29.7 Å². The molecular weight excluding hydrogens is 138 g/mol. The lowest BCUT2D eigenvalue weighted by atomic mass is 10.5. The van der Waals surface area contributed by atoms with Gasteiger partial charge in [-0.25, -0.2) is 8.78 Å². The zero-order valence-electron chi connectivity index (χ0n) is 3.97. The molecule has 1 unspecified atom stereocenters. The molecule has 0 aliphatic carbocycles. The van der Waals surface area contributed by atoms with Gasteiger partial charge in [0, 0.05) is 0 Å². The van der Waals surface area contributed by atoms with Crippen molar-refractivity contribution in [3.05, 3.63) is 0 Å². The first-order chi connectivity index (χ1) is 3.72. The molecule has 0 heterocycles. The SMILES string of the molecule is O=S([O-])C(CF)CF. The average Bonchev–Trinajstić information content (AvgIpc) is 1.69. The van der Waals surface area contributed by atoms with Crippen molar-refractivity contribution in [2.75, 3.05) is 13.3 Å². The molecule has 0 fully saturated rings. The lowest BCUT2D eigenvalue weighted by molar-refractivity contribution is 0.386. The molecule has 0 aromatic rings. The molecule has 1 atom stereocenters. The van der Waals surface area contributed by atoms with Gasteiger partial charge < -0.3 is 4.55 Å². The highest BCUT2D eigenvalue weighted by molar-refractivity contribution is 7.79. The summed E-state index contributed by atoms with van der Waals surface area (Å²) in [7, 11) is 0. The van der Waals surface area contributed by atoms with Gasteiger partial charge in [0.25, 0.3) is 0 Å². The molecule has 0 N–H and O–H groups in total. The summed E-state index contributed by atoms with van der Waals surface area (Å²) in [5.74, 6) is 0. The number of hydrogen-bond acceptors (Lipinski definition) is 2. The fraction of sp³-hybridized carbons (Fsp3) is 1.00. The Morgan fingerprint density at radius 3 is 1.88 bits per heavy atom.